The number of amides is 1. The Kier molecular flexibility index (Phi) is 7.15. The van der Waals surface area contributed by atoms with E-state index in [1.165, 1.54) is 23.1 Å². The van der Waals surface area contributed by atoms with Gasteiger partial charge in [-0.25, -0.2) is 0 Å². The quantitative estimate of drug-likeness (QED) is 0.587. The molecule has 0 radical (unpaired) electrons. The number of rotatable bonds is 7. The van der Waals surface area contributed by atoms with E-state index in [1.807, 2.05) is 0 Å². The summed E-state index contributed by atoms with van der Waals surface area (Å²) in [4.78, 5) is 26.2. The fourth-order valence-corrected chi connectivity index (χ4v) is 3.24. The second kappa shape index (κ2) is 9.80. The molecule has 158 valence electrons. The van der Waals surface area contributed by atoms with Crippen LogP contribution in [0.3, 0.4) is 0 Å². The van der Waals surface area contributed by atoms with E-state index in [0.29, 0.717) is 26.3 Å². The molecule has 1 unspecified atom stereocenters. The first-order valence-corrected chi connectivity index (χ1v) is 9.48. The van der Waals surface area contributed by atoms with Gasteiger partial charge in [-0.3, -0.25) is 9.59 Å². The summed E-state index contributed by atoms with van der Waals surface area (Å²) in [5.41, 5.74) is 0. The number of furan rings is 1. The highest BCUT2D eigenvalue weighted by atomic mass is 35.5. The average Bonchev–Trinajstić information content (AvgIpc) is 3.13. The molecule has 1 aliphatic heterocycles. The van der Waals surface area contributed by atoms with Gasteiger partial charge in [-0.05, 0) is 0 Å². The summed E-state index contributed by atoms with van der Waals surface area (Å²) in [5, 5.41) is 9.28. The van der Waals surface area contributed by atoms with Crippen LogP contribution in [0.5, 0.6) is 17.4 Å². The third-order valence-corrected chi connectivity index (χ3v) is 4.68. The third-order valence-electron chi connectivity index (χ3n) is 4.12. The smallest absolute Gasteiger partial charge is 0.292 e. The maximum Gasteiger partial charge on any atom is 0.292 e. The van der Waals surface area contributed by atoms with Crippen molar-refractivity contribution in [1.29, 1.82) is 5.26 Å². The van der Waals surface area contributed by atoms with Gasteiger partial charge < -0.3 is 23.5 Å². The Balaban J connectivity index is 1.64. The van der Waals surface area contributed by atoms with Crippen LogP contribution in [-0.4, -0.2) is 49.5 Å². The minimum absolute atomic E-state index is 0.00495. The molecular weight excluding hydrogens is 442 g/mol. The van der Waals surface area contributed by atoms with Crippen molar-refractivity contribution in [3.8, 4) is 23.5 Å². The van der Waals surface area contributed by atoms with Crippen LogP contribution < -0.4 is 9.47 Å². The highest BCUT2D eigenvalue weighted by molar-refractivity contribution is 6.37. The van der Waals surface area contributed by atoms with Crippen LogP contribution in [-0.2, 0) is 14.3 Å². The Labute approximate surface area is 180 Å². The molecular formula is C19H15Cl2FN2O6. The average molecular weight is 457 g/mol. The second-order valence-electron chi connectivity index (χ2n) is 6.13. The van der Waals surface area contributed by atoms with Crippen molar-refractivity contribution in [2.75, 3.05) is 32.9 Å². The number of carbonyl (C=O) groups is 2. The lowest BCUT2D eigenvalue weighted by Crippen LogP contribution is -2.46. The van der Waals surface area contributed by atoms with Crippen LogP contribution in [0.2, 0.25) is 10.0 Å². The third kappa shape index (κ3) is 5.21. The van der Waals surface area contributed by atoms with Crippen molar-refractivity contribution < 1.29 is 32.6 Å². The summed E-state index contributed by atoms with van der Waals surface area (Å²) < 4.78 is 33.4. The number of ether oxygens (including phenoxy) is 3. The van der Waals surface area contributed by atoms with Gasteiger partial charge in [-0.15, -0.1) is 0 Å². The number of benzene rings is 1. The van der Waals surface area contributed by atoms with Crippen LogP contribution in [0.4, 0.5) is 4.39 Å². The van der Waals surface area contributed by atoms with E-state index in [0.717, 1.165) is 6.07 Å². The van der Waals surface area contributed by atoms with Gasteiger partial charge in [0.25, 0.3) is 12.0 Å². The van der Waals surface area contributed by atoms with Crippen molar-refractivity contribution in [2.45, 2.75) is 0 Å². The summed E-state index contributed by atoms with van der Waals surface area (Å²) in [7, 11) is 0. The van der Waals surface area contributed by atoms with Gasteiger partial charge in [-0.2, -0.15) is 9.65 Å². The van der Waals surface area contributed by atoms with E-state index in [4.69, 9.17) is 37.4 Å². The van der Waals surface area contributed by atoms with E-state index in [1.54, 1.807) is 6.07 Å². The second-order valence-corrected chi connectivity index (χ2v) is 6.95. The van der Waals surface area contributed by atoms with Crippen molar-refractivity contribution in [3.05, 3.63) is 40.3 Å². The molecule has 3 rings (SSSR count). The Morgan fingerprint density at radius 1 is 1.23 bits per heavy atom. The fourth-order valence-electron chi connectivity index (χ4n) is 2.66. The molecule has 1 amide bonds. The predicted molar refractivity (Wildman–Crippen MR) is 102 cm³/mol. The Morgan fingerprint density at radius 2 is 1.90 bits per heavy atom. The fraction of sp³-hybridized carbons (Fsp3) is 0.316. The van der Waals surface area contributed by atoms with Crippen molar-refractivity contribution in [2.24, 2.45) is 5.92 Å². The maximum atomic E-state index is 12.9. The molecule has 2 heterocycles. The van der Waals surface area contributed by atoms with Crippen LogP contribution in [0, 0.1) is 23.3 Å². The molecule has 1 fully saturated rings. The summed E-state index contributed by atoms with van der Waals surface area (Å²) >= 11 is 12.3. The van der Waals surface area contributed by atoms with Crippen molar-refractivity contribution >= 4 is 34.9 Å². The Bertz CT molecular complexity index is 961. The summed E-state index contributed by atoms with van der Waals surface area (Å²) in [6.45, 7) is 0.725. The molecule has 1 saturated heterocycles. The van der Waals surface area contributed by atoms with Crippen LogP contribution in [0.15, 0.2) is 28.7 Å². The number of nitrogens with zero attached hydrogens (tertiary/aromatic N) is 2. The monoisotopic (exact) mass is 456 g/mol. The lowest BCUT2D eigenvalue weighted by atomic mass is 10.0. The van der Waals surface area contributed by atoms with E-state index >= 15 is 0 Å². The lowest BCUT2D eigenvalue weighted by Gasteiger charge is -2.28. The standard InChI is InChI=1S/C19H15Cl2FN2O6/c20-13-7-11(29-17-2-1-16(22)30-17)8-14(21)18(13)28-10-15(25)12(9-23)19(26)24-3-5-27-6-4-24/h1-2,7-8,12H,3-6,10H2. The molecule has 0 spiro atoms. The molecule has 1 aromatic carbocycles. The highest BCUT2D eigenvalue weighted by Gasteiger charge is 2.32. The topological polar surface area (TPSA) is 102 Å². The number of hydrogen-bond donors (Lipinski definition) is 0. The zero-order valence-corrected chi connectivity index (χ0v) is 16.9. The maximum absolute atomic E-state index is 12.9. The first-order valence-electron chi connectivity index (χ1n) is 8.73. The van der Waals surface area contributed by atoms with Gasteiger partial charge in [0.2, 0.25) is 5.91 Å². The lowest BCUT2D eigenvalue weighted by molar-refractivity contribution is -0.142. The number of halogens is 3. The number of hydrogen-bond acceptors (Lipinski definition) is 7. The molecule has 0 bridgehead atoms. The Morgan fingerprint density at radius 3 is 2.47 bits per heavy atom. The minimum Gasteiger partial charge on any atom is -0.483 e. The van der Waals surface area contributed by atoms with Crippen LogP contribution in [0.25, 0.3) is 0 Å². The van der Waals surface area contributed by atoms with E-state index < -0.39 is 30.2 Å². The number of ketones is 1. The number of carbonyl (C=O) groups excluding carboxylic acids is 2. The first kappa shape index (κ1) is 21.9. The molecule has 1 atom stereocenters. The zero-order chi connectivity index (χ0) is 21.7. The Hall–Kier alpha value is -2.80. The van der Waals surface area contributed by atoms with E-state index in [2.05, 4.69) is 4.42 Å². The first-order chi connectivity index (χ1) is 14.4. The zero-order valence-electron chi connectivity index (χ0n) is 15.4. The molecule has 30 heavy (non-hydrogen) atoms. The van der Waals surface area contributed by atoms with Gasteiger partial charge in [0, 0.05) is 37.4 Å². The van der Waals surface area contributed by atoms with Crippen LogP contribution >= 0.6 is 23.2 Å². The number of nitriles is 1. The number of morpholine rings is 1. The van der Waals surface area contributed by atoms with Gasteiger partial charge >= 0.3 is 0 Å². The van der Waals surface area contributed by atoms with Crippen LogP contribution in [0.1, 0.15) is 0 Å². The minimum atomic E-state index is -1.50. The van der Waals surface area contributed by atoms with Gasteiger partial charge in [0.05, 0.1) is 29.3 Å². The highest BCUT2D eigenvalue weighted by Crippen LogP contribution is 2.38. The van der Waals surface area contributed by atoms with Crippen molar-refractivity contribution in [3.63, 3.8) is 0 Å². The van der Waals surface area contributed by atoms with Gasteiger partial charge in [0.15, 0.2) is 17.5 Å². The van der Waals surface area contributed by atoms with Crippen molar-refractivity contribution in [1.82, 2.24) is 4.90 Å². The molecule has 11 heteroatoms. The summed E-state index contributed by atoms with van der Waals surface area (Å²) in [6, 6.07) is 5.90. The molecule has 0 N–H and O–H groups in total. The normalized spacial score (nSPS) is 14.7. The molecule has 1 aromatic heterocycles. The molecule has 2 aromatic rings. The molecule has 1 aliphatic rings. The molecule has 8 nitrogen and oxygen atoms in total. The molecule has 0 aliphatic carbocycles. The largest absolute Gasteiger partial charge is 0.483 e. The number of Topliss-reactive ketones (excluding diaryl/α,β-unsaturated/α-hetero) is 1. The van der Waals surface area contributed by atoms with E-state index in [-0.39, 0.29) is 27.5 Å². The molecule has 0 saturated carbocycles. The SMILES string of the molecule is N#CC(C(=O)COc1c(Cl)cc(Oc2ccc(F)o2)cc1Cl)C(=O)N1CCOCC1. The predicted octanol–water partition coefficient (Wildman–Crippen LogP) is 3.46. The summed E-state index contributed by atoms with van der Waals surface area (Å²) in [6.07, 6.45) is 0. The van der Waals surface area contributed by atoms with E-state index in [9.17, 15) is 19.2 Å². The van der Waals surface area contributed by atoms with Gasteiger partial charge in [-0.1, -0.05) is 23.2 Å². The van der Waals surface area contributed by atoms with Gasteiger partial charge in [0.1, 0.15) is 12.4 Å². The summed E-state index contributed by atoms with van der Waals surface area (Å²) in [5.74, 6) is -2.82.